The maximum absolute atomic E-state index is 5.50. The Morgan fingerprint density at radius 1 is 1.04 bits per heavy atom. The highest BCUT2D eigenvalue weighted by Gasteiger charge is 2.53. The van der Waals surface area contributed by atoms with Crippen molar-refractivity contribution in [3.63, 3.8) is 0 Å². The molecule has 124 valence electrons. The highest BCUT2D eigenvalue weighted by molar-refractivity contribution is 5.81. The van der Waals surface area contributed by atoms with Crippen LogP contribution in [0.25, 0.3) is 5.69 Å². The van der Waals surface area contributed by atoms with E-state index >= 15 is 0 Å². The molecule has 0 aliphatic heterocycles. The third-order valence-electron chi connectivity index (χ3n) is 6.52. The van der Waals surface area contributed by atoms with Gasteiger partial charge in [-0.1, -0.05) is 18.2 Å². The van der Waals surface area contributed by atoms with Crippen molar-refractivity contribution in [1.82, 2.24) is 9.78 Å². The molecule has 4 nitrogen and oxygen atoms in total. The van der Waals surface area contributed by atoms with E-state index < -0.39 is 0 Å². The molecule has 0 amide bonds. The van der Waals surface area contributed by atoms with Crippen LogP contribution in [0.5, 0.6) is 0 Å². The third-order valence-corrected chi connectivity index (χ3v) is 6.52. The molecular formula is C20H24N4. The fourth-order valence-electron chi connectivity index (χ4n) is 6.09. The summed E-state index contributed by atoms with van der Waals surface area (Å²) in [6, 6.07) is 10.3. The number of hydrogen-bond acceptors (Lipinski definition) is 3. The zero-order valence-corrected chi connectivity index (χ0v) is 13.9. The van der Waals surface area contributed by atoms with Crippen LogP contribution < -0.4 is 5.84 Å². The highest BCUT2D eigenvalue weighted by Crippen LogP contribution is 2.60. The topological polar surface area (TPSA) is 56.2 Å². The average molecular weight is 320 g/mol. The quantitative estimate of drug-likeness (QED) is 0.533. The Bertz CT molecular complexity index is 739. The van der Waals surface area contributed by atoms with Crippen LogP contribution in [0.2, 0.25) is 0 Å². The van der Waals surface area contributed by atoms with Crippen LogP contribution in [0, 0.1) is 17.8 Å². The van der Waals surface area contributed by atoms with Gasteiger partial charge in [-0.2, -0.15) is 10.2 Å². The maximum Gasteiger partial charge on any atom is 0.0779 e. The van der Waals surface area contributed by atoms with Gasteiger partial charge < -0.3 is 5.84 Å². The van der Waals surface area contributed by atoms with Crippen LogP contribution in [-0.2, 0) is 5.41 Å². The molecule has 1 aromatic heterocycles. The van der Waals surface area contributed by atoms with E-state index in [-0.39, 0.29) is 5.41 Å². The Morgan fingerprint density at radius 2 is 1.67 bits per heavy atom. The van der Waals surface area contributed by atoms with Gasteiger partial charge in [0.1, 0.15) is 0 Å². The average Bonchev–Trinajstić information content (AvgIpc) is 3.00. The molecule has 4 heteroatoms. The predicted octanol–water partition coefficient (Wildman–Crippen LogP) is 3.63. The van der Waals surface area contributed by atoms with Crippen LogP contribution in [0.3, 0.4) is 0 Å². The Kier molecular flexibility index (Phi) is 3.09. The molecule has 0 spiro atoms. The molecule has 1 heterocycles. The van der Waals surface area contributed by atoms with Crippen LogP contribution in [0.1, 0.15) is 49.8 Å². The van der Waals surface area contributed by atoms with Crippen molar-refractivity contribution >= 4 is 6.21 Å². The number of hydrogen-bond donors (Lipinski definition) is 1. The Hall–Kier alpha value is -2.10. The van der Waals surface area contributed by atoms with Crippen molar-refractivity contribution in [1.29, 1.82) is 0 Å². The molecule has 4 bridgehead atoms. The SMILES string of the molecule is N/N=C/c1cn(-c2ccccc2)nc1C12CC3CC(CC(C3)C1)C2. The van der Waals surface area contributed by atoms with E-state index in [1.807, 2.05) is 10.7 Å². The summed E-state index contributed by atoms with van der Waals surface area (Å²) in [6.07, 6.45) is 12.1. The summed E-state index contributed by atoms with van der Waals surface area (Å²) in [6.45, 7) is 0. The van der Waals surface area contributed by atoms with Gasteiger partial charge in [0.2, 0.25) is 0 Å². The van der Waals surface area contributed by atoms with E-state index in [4.69, 9.17) is 10.9 Å². The molecule has 0 unspecified atom stereocenters. The Balaban J connectivity index is 1.61. The van der Waals surface area contributed by atoms with E-state index in [1.165, 1.54) is 44.2 Å². The molecule has 2 aromatic rings. The van der Waals surface area contributed by atoms with Crippen LogP contribution in [0.4, 0.5) is 0 Å². The largest absolute Gasteiger partial charge is 0.323 e. The molecular weight excluding hydrogens is 296 g/mol. The molecule has 0 atom stereocenters. The lowest BCUT2D eigenvalue weighted by Gasteiger charge is -2.56. The molecule has 4 fully saturated rings. The zero-order valence-electron chi connectivity index (χ0n) is 13.9. The first-order valence-electron chi connectivity index (χ1n) is 9.14. The minimum Gasteiger partial charge on any atom is -0.323 e. The van der Waals surface area contributed by atoms with E-state index in [1.54, 1.807) is 6.21 Å². The molecule has 0 saturated heterocycles. The number of para-hydroxylation sites is 1. The van der Waals surface area contributed by atoms with Gasteiger partial charge in [-0.15, -0.1) is 0 Å². The summed E-state index contributed by atoms with van der Waals surface area (Å²) in [7, 11) is 0. The van der Waals surface area contributed by atoms with Crippen molar-refractivity contribution in [2.24, 2.45) is 28.7 Å². The number of hydrazone groups is 1. The molecule has 4 aliphatic carbocycles. The van der Waals surface area contributed by atoms with Gasteiger partial charge in [-0.3, -0.25) is 0 Å². The van der Waals surface area contributed by atoms with Crippen molar-refractivity contribution in [3.8, 4) is 5.69 Å². The van der Waals surface area contributed by atoms with Gasteiger partial charge in [-0.05, 0) is 68.4 Å². The van der Waals surface area contributed by atoms with Crippen molar-refractivity contribution in [2.45, 2.75) is 43.9 Å². The Morgan fingerprint density at radius 3 is 2.25 bits per heavy atom. The smallest absolute Gasteiger partial charge is 0.0779 e. The van der Waals surface area contributed by atoms with Gasteiger partial charge in [0.15, 0.2) is 0 Å². The lowest BCUT2D eigenvalue weighted by molar-refractivity contribution is -0.00739. The summed E-state index contributed by atoms with van der Waals surface area (Å²) in [5.74, 6) is 8.21. The van der Waals surface area contributed by atoms with Gasteiger partial charge in [-0.25, -0.2) is 4.68 Å². The number of aromatic nitrogens is 2. The van der Waals surface area contributed by atoms with Crippen LogP contribution in [0.15, 0.2) is 41.6 Å². The van der Waals surface area contributed by atoms with Crippen LogP contribution >= 0.6 is 0 Å². The molecule has 4 saturated carbocycles. The minimum absolute atomic E-state index is 0.255. The van der Waals surface area contributed by atoms with Crippen molar-refractivity contribution in [2.75, 3.05) is 0 Å². The lowest BCUT2D eigenvalue weighted by atomic mass is 9.48. The third kappa shape index (κ3) is 2.12. The van der Waals surface area contributed by atoms with Crippen molar-refractivity contribution in [3.05, 3.63) is 47.8 Å². The normalized spacial score (nSPS) is 34.2. The fourth-order valence-corrected chi connectivity index (χ4v) is 6.09. The first-order chi connectivity index (χ1) is 11.8. The standard InChI is InChI=1S/C20H24N4/c21-22-12-17-13-24(18-4-2-1-3-5-18)23-19(17)20-9-14-6-15(10-20)8-16(7-14)11-20/h1-5,12-16H,6-11,21H2/b22-12+. The first-order valence-corrected chi connectivity index (χ1v) is 9.14. The highest BCUT2D eigenvalue weighted by atomic mass is 15.3. The molecule has 4 aliphatic rings. The monoisotopic (exact) mass is 320 g/mol. The van der Waals surface area contributed by atoms with E-state index in [9.17, 15) is 0 Å². The van der Waals surface area contributed by atoms with Crippen LogP contribution in [-0.4, -0.2) is 16.0 Å². The maximum atomic E-state index is 5.50. The summed E-state index contributed by atoms with van der Waals surface area (Å²) in [5, 5.41) is 8.88. The van der Waals surface area contributed by atoms with Gasteiger partial charge in [0, 0.05) is 17.2 Å². The zero-order chi connectivity index (χ0) is 16.1. The minimum atomic E-state index is 0.255. The predicted molar refractivity (Wildman–Crippen MR) is 95.2 cm³/mol. The summed E-state index contributed by atoms with van der Waals surface area (Å²) < 4.78 is 2.00. The Labute approximate surface area is 142 Å². The molecule has 24 heavy (non-hydrogen) atoms. The van der Waals surface area contributed by atoms with E-state index in [0.29, 0.717) is 0 Å². The summed E-state index contributed by atoms with van der Waals surface area (Å²) in [4.78, 5) is 0. The second-order valence-electron chi connectivity index (χ2n) is 8.19. The first kappa shape index (κ1) is 14.3. The number of benzene rings is 1. The fraction of sp³-hybridized carbons (Fsp3) is 0.500. The second-order valence-corrected chi connectivity index (χ2v) is 8.19. The van der Waals surface area contributed by atoms with E-state index in [2.05, 4.69) is 35.6 Å². The number of nitrogens with two attached hydrogens (primary N) is 1. The van der Waals surface area contributed by atoms with Crippen molar-refractivity contribution < 1.29 is 0 Å². The second kappa shape index (κ2) is 5.20. The number of rotatable bonds is 3. The summed E-state index contributed by atoms with van der Waals surface area (Å²) in [5.41, 5.74) is 3.69. The summed E-state index contributed by atoms with van der Waals surface area (Å²) >= 11 is 0. The molecule has 6 rings (SSSR count). The molecule has 0 radical (unpaired) electrons. The van der Waals surface area contributed by atoms with E-state index in [0.717, 1.165) is 29.0 Å². The van der Waals surface area contributed by atoms with Gasteiger partial charge in [0.05, 0.1) is 17.6 Å². The molecule has 2 N–H and O–H groups in total. The van der Waals surface area contributed by atoms with Gasteiger partial charge in [0.25, 0.3) is 0 Å². The number of nitrogens with zero attached hydrogens (tertiary/aromatic N) is 3. The molecule has 1 aromatic carbocycles. The lowest BCUT2D eigenvalue weighted by Crippen LogP contribution is -2.49. The van der Waals surface area contributed by atoms with Gasteiger partial charge >= 0.3 is 0 Å².